The highest BCUT2D eigenvalue weighted by molar-refractivity contribution is 5.97. The van der Waals surface area contributed by atoms with Gasteiger partial charge in [-0.2, -0.15) is 0 Å². The van der Waals surface area contributed by atoms with E-state index in [4.69, 9.17) is 4.42 Å². The number of rotatable bonds is 4. The van der Waals surface area contributed by atoms with Crippen LogP contribution in [0, 0.1) is 0 Å². The fraction of sp³-hybridized carbons (Fsp3) is 0.208. The SMILES string of the molecule is O=C(c1ccc2nc(-c3cccc(O)c3)oc2c1)N1CCN(Cc2cccnc2)CC1. The molecule has 1 fully saturated rings. The summed E-state index contributed by atoms with van der Waals surface area (Å²) in [6.07, 6.45) is 3.66. The van der Waals surface area contributed by atoms with Gasteiger partial charge in [-0.25, -0.2) is 4.98 Å². The standard InChI is InChI=1S/C24H22N4O3/c29-20-5-1-4-18(13-20)23-26-21-7-6-19(14-22(21)31-23)24(30)28-11-9-27(10-12-28)16-17-3-2-8-25-15-17/h1-8,13-15,29H,9-12,16H2. The van der Waals surface area contributed by atoms with Crippen LogP contribution in [0.1, 0.15) is 15.9 Å². The monoisotopic (exact) mass is 414 g/mol. The smallest absolute Gasteiger partial charge is 0.254 e. The van der Waals surface area contributed by atoms with Crippen molar-refractivity contribution in [1.82, 2.24) is 19.8 Å². The number of piperazine rings is 1. The maximum absolute atomic E-state index is 13.0. The first kappa shape index (κ1) is 19.3. The summed E-state index contributed by atoms with van der Waals surface area (Å²) in [4.78, 5) is 25.9. The zero-order valence-corrected chi connectivity index (χ0v) is 16.9. The van der Waals surface area contributed by atoms with Gasteiger partial charge < -0.3 is 14.4 Å². The van der Waals surface area contributed by atoms with E-state index in [2.05, 4.69) is 20.9 Å². The molecule has 0 saturated carbocycles. The molecular weight excluding hydrogens is 392 g/mol. The second-order valence-corrected chi connectivity index (χ2v) is 7.68. The van der Waals surface area contributed by atoms with Gasteiger partial charge in [-0.1, -0.05) is 12.1 Å². The van der Waals surface area contributed by atoms with E-state index < -0.39 is 0 Å². The fourth-order valence-corrected chi connectivity index (χ4v) is 3.86. The van der Waals surface area contributed by atoms with Crippen LogP contribution in [-0.2, 0) is 6.54 Å². The Kier molecular flexibility index (Phi) is 5.09. The molecule has 1 aliphatic rings. The van der Waals surface area contributed by atoms with Crippen molar-refractivity contribution in [3.63, 3.8) is 0 Å². The minimum absolute atomic E-state index is 0.00164. The third kappa shape index (κ3) is 4.13. The van der Waals surface area contributed by atoms with E-state index in [1.165, 1.54) is 5.56 Å². The largest absolute Gasteiger partial charge is 0.508 e. The Morgan fingerprint density at radius 2 is 1.90 bits per heavy atom. The summed E-state index contributed by atoms with van der Waals surface area (Å²) in [6, 6.07) is 16.1. The second kappa shape index (κ2) is 8.20. The molecule has 1 saturated heterocycles. The number of amides is 1. The molecule has 3 heterocycles. The van der Waals surface area contributed by atoms with Crippen LogP contribution in [0.25, 0.3) is 22.6 Å². The van der Waals surface area contributed by atoms with Crippen LogP contribution in [0.2, 0.25) is 0 Å². The molecule has 2 aromatic carbocycles. The second-order valence-electron chi connectivity index (χ2n) is 7.68. The molecule has 0 aliphatic carbocycles. The summed E-state index contributed by atoms with van der Waals surface area (Å²) >= 11 is 0. The van der Waals surface area contributed by atoms with Crippen LogP contribution >= 0.6 is 0 Å². The molecule has 1 N–H and O–H groups in total. The molecule has 7 heteroatoms. The van der Waals surface area contributed by atoms with E-state index in [0.717, 1.165) is 19.6 Å². The fourth-order valence-electron chi connectivity index (χ4n) is 3.86. The van der Waals surface area contributed by atoms with Crippen molar-refractivity contribution < 1.29 is 14.3 Å². The van der Waals surface area contributed by atoms with E-state index >= 15 is 0 Å². The molecule has 7 nitrogen and oxygen atoms in total. The first-order chi connectivity index (χ1) is 15.2. The predicted molar refractivity (Wildman–Crippen MR) is 117 cm³/mol. The van der Waals surface area contributed by atoms with Gasteiger partial charge in [0.2, 0.25) is 5.89 Å². The van der Waals surface area contributed by atoms with Crippen molar-refractivity contribution in [2.45, 2.75) is 6.54 Å². The van der Waals surface area contributed by atoms with Crippen LogP contribution in [-0.4, -0.2) is 57.0 Å². The number of carbonyl (C=O) groups is 1. The molecule has 0 atom stereocenters. The van der Waals surface area contributed by atoms with E-state index in [0.29, 0.717) is 41.2 Å². The molecule has 1 amide bonds. The Morgan fingerprint density at radius 3 is 2.68 bits per heavy atom. The van der Waals surface area contributed by atoms with Crippen molar-refractivity contribution in [3.05, 3.63) is 78.1 Å². The van der Waals surface area contributed by atoms with Crippen molar-refractivity contribution in [3.8, 4) is 17.2 Å². The van der Waals surface area contributed by atoms with Gasteiger partial charge in [0, 0.05) is 56.2 Å². The highest BCUT2D eigenvalue weighted by Gasteiger charge is 2.23. The summed E-state index contributed by atoms with van der Waals surface area (Å²) in [5.41, 5.74) is 3.69. The molecule has 0 radical (unpaired) electrons. The number of phenols is 1. The Labute approximate surface area is 179 Å². The van der Waals surface area contributed by atoms with E-state index in [9.17, 15) is 9.90 Å². The summed E-state index contributed by atoms with van der Waals surface area (Å²) < 4.78 is 5.86. The lowest BCUT2D eigenvalue weighted by molar-refractivity contribution is 0.0628. The van der Waals surface area contributed by atoms with Crippen LogP contribution in [0.3, 0.4) is 0 Å². The molecule has 4 aromatic rings. The maximum atomic E-state index is 13.0. The molecule has 2 aromatic heterocycles. The number of hydrogen-bond donors (Lipinski definition) is 1. The van der Waals surface area contributed by atoms with E-state index in [1.54, 1.807) is 42.6 Å². The number of carbonyl (C=O) groups excluding carboxylic acids is 1. The summed E-state index contributed by atoms with van der Waals surface area (Å²) in [5.74, 6) is 0.566. The van der Waals surface area contributed by atoms with Crippen LogP contribution in [0.5, 0.6) is 5.75 Å². The number of oxazole rings is 1. The number of aromatic nitrogens is 2. The van der Waals surface area contributed by atoms with Crippen molar-refractivity contribution >= 4 is 17.0 Å². The number of pyridine rings is 1. The lowest BCUT2D eigenvalue weighted by Crippen LogP contribution is -2.48. The van der Waals surface area contributed by atoms with Crippen LogP contribution in [0.15, 0.2) is 71.4 Å². The van der Waals surface area contributed by atoms with Crippen molar-refractivity contribution in [2.24, 2.45) is 0 Å². The molecule has 156 valence electrons. The van der Waals surface area contributed by atoms with Gasteiger partial charge in [0.1, 0.15) is 11.3 Å². The topological polar surface area (TPSA) is 82.7 Å². The van der Waals surface area contributed by atoms with Gasteiger partial charge in [-0.05, 0) is 48.0 Å². The lowest BCUT2D eigenvalue weighted by Gasteiger charge is -2.34. The van der Waals surface area contributed by atoms with Crippen LogP contribution < -0.4 is 0 Å². The van der Waals surface area contributed by atoms with Crippen molar-refractivity contribution in [1.29, 1.82) is 0 Å². The third-order valence-corrected chi connectivity index (χ3v) is 5.52. The molecule has 0 bridgehead atoms. The summed E-state index contributed by atoms with van der Waals surface area (Å²) in [5, 5.41) is 9.69. The molecule has 5 rings (SSSR count). The molecule has 1 aliphatic heterocycles. The normalized spacial score (nSPS) is 14.8. The average Bonchev–Trinajstić information content (AvgIpc) is 3.23. The molecule has 0 unspecified atom stereocenters. The van der Waals surface area contributed by atoms with Crippen LogP contribution in [0.4, 0.5) is 0 Å². The number of fused-ring (bicyclic) bond motifs is 1. The average molecular weight is 414 g/mol. The van der Waals surface area contributed by atoms with E-state index in [-0.39, 0.29) is 11.7 Å². The Hall–Kier alpha value is -3.71. The first-order valence-corrected chi connectivity index (χ1v) is 10.3. The van der Waals surface area contributed by atoms with Crippen molar-refractivity contribution in [2.75, 3.05) is 26.2 Å². The van der Waals surface area contributed by atoms with Gasteiger partial charge in [0.05, 0.1) is 0 Å². The Bertz CT molecular complexity index is 1210. The summed E-state index contributed by atoms with van der Waals surface area (Å²) in [6.45, 7) is 3.86. The van der Waals surface area contributed by atoms with Gasteiger partial charge in [0.15, 0.2) is 5.58 Å². The molecule has 31 heavy (non-hydrogen) atoms. The zero-order valence-electron chi connectivity index (χ0n) is 16.9. The first-order valence-electron chi connectivity index (χ1n) is 10.3. The number of nitrogens with zero attached hydrogens (tertiary/aromatic N) is 4. The quantitative estimate of drug-likeness (QED) is 0.550. The lowest BCUT2D eigenvalue weighted by atomic mass is 10.1. The molecule has 0 spiro atoms. The highest BCUT2D eigenvalue weighted by Crippen LogP contribution is 2.27. The number of phenolic OH excluding ortho intramolecular Hbond substituents is 1. The predicted octanol–water partition coefficient (Wildman–Crippen LogP) is 3.55. The highest BCUT2D eigenvalue weighted by atomic mass is 16.3. The Morgan fingerprint density at radius 1 is 1.03 bits per heavy atom. The number of hydrogen-bond acceptors (Lipinski definition) is 6. The Balaban J connectivity index is 1.28. The third-order valence-electron chi connectivity index (χ3n) is 5.52. The van der Waals surface area contributed by atoms with E-state index in [1.807, 2.05) is 23.2 Å². The van der Waals surface area contributed by atoms with Gasteiger partial charge in [0.25, 0.3) is 5.91 Å². The minimum atomic E-state index is -0.00164. The van der Waals surface area contributed by atoms with Gasteiger partial charge in [-0.3, -0.25) is 14.7 Å². The number of benzene rings is 2. The summed E-state index contributed by atoms with van der Waals surface area (Å²) in [7, 11) is 0. The number of aromatic hydroxyl groups is 1. The minimum Gasteiger partial charge on any atom is -0.508 e. The zero-order chi connectivity index (χ0) is 21.2. The maximum Gasteiger partial charge on any atom is 0.254 e. The molecular formula is C24H22N4O3. The van der Waals surface area contributed by atoms with Gasteiger partial charge >= 0.3 is 0 Å². The van der Waals surface area contributed by atoms with Gasteiger partial charge in [-0.15, -0.1) is 0 Å².